The van der Waals surface area contributed by atoms with Crippen LogP contribution in [-0.2, 0) is 4.74 Å². The number of hydrogen-bond donors (Lipinski definition) is 0. The smallest absolute Gasteiger partial charge is 0.358 e. The lowest BCUT2D eigenvalue weighted by Crippen LogP contribution is -2.05. The molecule has 6 heteroatoms. The van der Waals surface area contributed by atoms with Crippen molar-refractivity contribution in [3.63, 3.8) is 0 Å². The fourth-order valence-corrected chi connectivity index (χ4v) is 1.40. The summed E-state index contributed by atoms with van der Waals surface area (Å²) < 4.78 is 23.3. The molecule has 0 aliphatic carbocycles. The highest BCUT2D eigenvalue weighted by Crippen LogP contribution is 2.23. The predicted octanol–water partition coefficient (Wildman–Crippen LogP) is 2.50. The molecule has 2 rings (SSSR count). The predicted molar refractivity (Wildman–Crippen MR) is 64.6 cm³/mol. The molecule has 0 unspecified atom stereocenters. The van der Waals surface area contributed by atoms with Gasteiger partial charge in [-0.25, -0.2) is 14.2 Å². The van der Waals surface area contributed by atoms with Crippen LogP contribution in [-0.4, -0.2) is 23.0 Å². The third-order valence-corrected chi connectivity index (χ3v) is 2.31. The molecule has 1 aromatic heterocycles. The Labute approximate surface area is 109 Å². The van der Waals surface area contributed by atoms with Gasteiger partial charge in [-0.1, -0.05) is 6.07 Å². The van der Waals surface area contributed by atoms with Crippen molar-refractivity contribution < 1.29 is 18.7 Å². The van der Waals surface area contributed by atoms with Crippen LogP contribution in [0.15, 0.2) is 30.6 Å². The van der Waals surface area contributed by atoms with E-state index in [9.17, 15) is 9.18 Å². The molecule has 0 aliphatic rings. The van der Waals surface area contributed by atoms with E-state index in [1.165, 1.54) is 31.6 Å². The van der Waals surface area contributed by atoms with Crippen LogP contribution in [0.5, 0.6) is 11.6 Å². The van der Waals surface area contributed by atoms with Gasteiger partial charge >= 0.3 is 5.97 Å². The third-order valence-electron chi connectivity index (χ3n) is 2.31. The number of aryl methyl sites for hydroxylation is 1. The molecule has 0 N–H and O–H groups in total. The van der Waals surface area contributed by atoms with Crippen LogP contribution >= 0.6 is 0 Å². The Morgan fingerprint density at radius 3 is 2.84 bits per heavy atom. The zero-order valence-electron chi connectivity index (χ0n) is 10.4. The molecular formula is C13H11FN2O3. The molecule has 0 saturated heterocycles. The Hall–Kier alpha value is -2.50. The van der Waals surface area contributed by atoms with Crippen LogP contribution < -0.4 is 4.74 Å². The van der Waals surface area contributed by atoms with Crippen molar-refractivity contribution in [1.29, 1.82) is 0 Å². The minimum absolute atomic E-state index is 0.00642. The summed E-state index contributed by atoms with van der Waals surface area (Å²) in [4.78, 5) is 19.0. The van der Waals surface area contributed by atoms with Gasteiger partial charge < -0.3 is 9.47 Å². The second kappa shape index (κ2) is 5.43. The largest absolute Gasteiger partial charge is 0.464 e. The number of methoxy groups -OCH3 is 1. The monoisotopic (exact) mass is 262 g/mol. The third kappa shape index (κ3) is 3.04. The normalized spacial score (nSPS) is 10.1. The molecule has 19 heavy (non-hydrogen) atoms. The summed E-state index contributed by atoms with van der Waals surface area (Å²) in [6, 6.07) is 4.45. The summed E-state index contributed by atoms with van der Waals surface area (Å²) in [5.41, 5.74) is 0.835. The van der Waals surface area contributed by atoms with Crippen molar-refractivity contribution in [3.05, 3.63) is 47.7 Å². The highest BCUT2D eigenvalue weighted by Gasteiger charge is 2.11. The summed E-state index contributed by atoms with van der Waals surface area (Å²) in [7, 11) is 1.23. The SMILES string of the molecule is COC(=O)c1cncc(Oc2cc(C)ccc2F)n1. The number of benzene rings is 1. The van der Waals surface area contributed by atoms with Gasteiger partial charge in [0.05, 0.1) is 19.5 Å². The molecule has 0 atom stereocenters. The molecule has 0 saturated carbocycles. The van der Waals surface area contributed by atoms with Gasteiger partial charge in [-0.15, -0.1) is 0 Å². The molecule has 0 radical (unpaired) electrons. The van der Waals surface area contributed by atoms with Crippen LogP contribution in [0, 0.1) is 12.7 Å². The van der Waals surface area contributed by atoms with Gasteiger partial charge in [-0.2, -0.15) is 0 Å². The number of esters is 1. The number of hydrogen-bond acceptors (Lipinski definition) is 5. The number of rotatable bonds is 3. The number of carbonyl (C=O) groups is 1. The Kier molecular flexibility index (Phi) is 3.70. The van der Waals surface area contributed by atoms with Crippen molar-refractivity contribution in [2.75, 3.05) is 7.11 Å². The highest BCUT2D eigenvalue weighted by atomic mass is 19.1. The molecule has 5 nitrogen and oxygen atoms in total. The first-order chi connectivity index (χ1) is 9.10. The number of ether oxygens (including phenoxy) is 2. The van der Waals surface area contributed by atoms with Gasteiger partial charge in [0.15, 0.2) is 17.3 Å². The summed E-state index contributed by atoms with van der Waals surface area (Å²) >= 11 is 0. The van der Waals surface area contributed by atoms with Crippen LogP contribution in [0.4, 0.5) is 4.39 Å². The molecule has 0 bridgehead atoms. The summed E-state index contributed by atoms with van der Waals surface area (Å²) in [6.07, 6.45) is 2.53. The number of nitrogens with zero attached hydrogens (tertiary/aromatic N) is 2. The van der Waals surface area contributed by atoms with Crippen molar-refractivity contribution in [2.24, 2.45) is 0 Å². The number of carbonyl (C=O) groups excluding carboxylic acids is 1. The molecule has 1 heterocycles. The van der Waals surface area contributed by atoms with E-state index >= 15 is 0 Å². The lowest BCUT2D eigenvalue weighted by Gasteiger charge is -2.07. The van der Waals surface area contributed by atoms with Gasteiger partial charge in [0.1, 0.15) is 0 Å². The van der Waals surface area contributed by atoms with Crippen molar-refractivity contribution >= 4 is 5.97 Å². The van der Waals surface area contributed by atoms with E-state index in [2.05, 4.69) is 14.7 Å². The minimum atomic E-state index is -0.636. The zero-order valence-corrected chi connectivity index (χ0v) is 10.4. The van der Waals surface area contributed by atoms with E-state index in [0.29, 0.717) is 0 Å². The fourth-order valence-electron chi connectivity index (χ4n) is 1.40. The zero-order chi connectivity index (χ0) is 13.8. The maximum absolute atomic E-state index is 13.5. The van der Waals surface area contributed by atoms with Crippen LogP contribution in [0.2, 0.25) is 0 Å². The first kappa shape index (κ1) is 12.9. The Bertz CT molecular complexity index is 617. The van der Waals surface area contributed by atoms with E-state index < -0.39 is 11.8 Å². The summed E-state index contributed by atoms with van der Waals surface area (Å²) in [6.45, 7) is 1.81. The average Bonchev–Trinajstić information content (AvgIpc) is 2.42. The molecule has 98 valence electrons. The molecule has 0 spiro atoms. The van der Waals surface area contributed by atoms with E-state index in [4.69, 9.17) is 4.74 Å². The number of halogens is 1. The van der Waals surface area contributed by atoms with Gasteiger partial charge in [0.2, 0.25) is 5.88 Å². The lowest BCUT2D eigenvalue weighted by molar-refractivity contribution is 0.0592. The van der Waals surface area contributed by atoms with E-state index in [-0.39, 0.29) is 17.3 Å². The molecule has 0 amide bonds. The lowest BCUT2D eigenvalue weighted by atomic mass is 10.2. The van der Waals surface area contributed by atoms with Crippen LogP contribution in [0.1, 0.15) is 16.1 Å². The Morgan fingerprint density at radius 1 is 1.32 bits per heavy atom. The van der Waals surface area contributed by atoms with Crippen molar-refractivity contribution in [2.45, 2.75) is 6.92 Å². The van der Waals surface area contributed by atoms with Crippen LogP contribution in [0.25, 0.3) is 0 Å². The van der Waals surface area contributed by atoms with Gasteiger partial charge in [-0.3, -0.25) is 4.98 Å². The molecule has 0 aliphatic heterocycles. The van der Waals surface area contributed by atoms with Crippen molar-refractivity contribution in [1.82, 2.24) is 9.97 Å². The van der Waals surface area contributed by atoms with E-state index in [0.717, 1.165) is 5.56 Å². The van der Waals surface area contributed by atoms with Gasteiger partial charge in [0.25, 0.3) is 0 Å². The summed E-state index contributed by atoms with van der Waals surface area (Å²) in [5, 5.41) is 0. The molecule has 2 aromatic rings. The molecular weight excluding hydrogens is 251 g/mol. The average molecular weight is 262 g/mol. The second-order valence-corrected chi connectivity index (χ2v) is 3.77. The maximum atomic E-state index is 13.5. The Morgan fingerprint density at radius 2 is 2.11 bits per heavy atom. The first-order valence-corrected chi connectivity index (χ1v) is 5.44. The molecule has 0 fully saturated rings. The second-order valence-electron chi connectivity index (χ2n) is 3.77. The van der Waals surface area contributed by atoms with Gasteiger partial charge in [-0.05, 0) is 24.6 Å². The minimum Gasteiger partial charge on any atom is -0.464 e. The summed E-state index contributed by atoms with van der Waals surface area (Å²) in [5.74, 6) is -1.11. The fraction of sp³-hybridized carbons (Fsp3) is 0.154. The Balaban J connectivity index is 2.28. The van der Waals surface area contributed by atoms with E-state index in [1.807, 2.05) is 6.92 Å². The maximum Gasteiger partial charge on any atom is 0.358 e. The standard InChI is InChI=1S/C13H11FN2O3/c1-8-3-4-9(14)11(5-8)19-12-7-15-6-10(16-12)13(17)18-2/h3-7H,1-2H3. The van der Waals surface area contributed by atoms with E-state index in [1.54, 1.807) is 6.07 Å². The van der Waals surface area contributed by atoms with Gasteiger partial charge in [0, 0.05) is 0 Å². The quantitative estimate of drug-likeness (QED) is 0.795. The number of aromatic nitrogens is 2. The first-order valence-electron chi connectivity index (χ1n) is 5.44. The van der Waals surface area contributed by atoms with Crippen LogP contribution in [0.3, 0.4) is 0 Å². The molecule has 1 aromatic carbocycles. The highest BCUT2D eigenvalue weighted by molar-refractivity contribution is 5.86. The van der Waals surface area contributed by atoms with Crippen molar-refractivity contribution in [3.8, 4) is 11.6 Å². The topological polar surface area (TPSA) is 61.3 Å².